The Morgan fingerprint density at radius 2 is 1.97 bits per heavy atom. The van der Waals surface area contributed by atoms with Gasteiger partial charge in [0.2, 0.25) is 5.95 Å². The van der Waals surface area contributed by atoms with Crippen LogP contribution in [0.4, 0.5) is 11.6 Å². The van der Waals surface area contributed by atoms with E-state index in [1.54, 1.807) is 11.6 Å². The van der Waals surface area contributed by atoms with Crippen LogP contribution in [0.15, 0.2) is 66.6 Å². The lowest BCUT2D eigenvalue weighted by Crippen LogP contribution is -2.38. The number of rotatable bonds is 8. The van der Waals surface area contributed by atoms with Crippen LogP contribution in [0.5, 0.6) is 0 Å². The molecule has 1 saturated heterocycles. The maximum absolute atomic E-state index is 12.6. The fourth-order valence-electron chi connectivity index (χ4n) is 4.93. The molecule has 3 heterocycles. The quantitative estimate of drug-likeness (QED) is 0.488. The number of allylic oxidation sites excluding steroid dienone is 3. The third-order valence-electron chi connectivity index (χ3n) is 7.20. The molecule has 8 nitrogen and oxygen atoms in total. The zero-order chi connectivity index (χ0) is 24.9. The number of hydrogen-bond donors (Lipinski definition) is 2. The minimum absolute atomic E-state index is 0.0267. The van der Waals surface area contributed by atoms with Gasteiger partial charge in [0, 0.05) is 35.5 Å². The number of amides is 1. The summed E-state index contributed by atoms with van der Waals surface area (Å²) in [6.45, 7) is 6.30. The number of carbonyl (C=O) groups excluding carboxylic acids is 1. The summed E-state index contributed by atoms with van der Waals surface area (Å²) in [5, 5.41) is 11.0. The van der Waals surface area contributed by atoms with Gasteiger partial charge in [-0.05, 0) is 87.3 Å². The molecule has 1 aromatic carbocycles. The molecule has 1 aliphatic heterocycles. The van der Waals surface area contributed by atoms with Crippen LogP contribution in [0.25, 0.3) is 5.65 Å². The summed E-state index contributed by atoms with van der Waals surface area (Å²) in [5.41, 5.74) is 3.43. The fraction of sp³-hybridized carbons (Fsp3) is 0.393. The van der Waals surface area contributed by atoms with Crippen LogP contribution in [0.3, 0.4) is 0 Å². The highest BCUT2D eigenvalue weighted by molar-refractivity contribution is 5.94. The number of pyridine rings is 1. The standard InChI is InChI=1S/C28H34N6O2/c1-3-33-17-14-20(15-18-33)19-29-27(35)22-6-10-23(11-7-22)30-28-31-26-25(5-4-16-34(26)32-28)21-8-12-24(36-2)13-9-21/h4-8,10-13,16,20-21H,3,9,14-15,17-19H2,1-2H3,(H,29,35)(H,30,32). The van der Waals surface area contributed by atoms with Gasteiger partial charge in [0.15, 0.2) is 5.65 Å². The molecule has 36 heavy (non-hydrogen) atoms. The molecule has 188 valence electrons. The number of ether oxygens (including phenoxy) is 1. The van der Waals surface area contributed by atoms with Gasteiger partial charge in [0.25, 0.3) is 5.91 Å². The molecule has 1 amide bonds. The predicted octanol–water partition coefficient (Wildman–Crippen LogP) is 4.51. The molecule has 1 atom stereocenters. The molecular formula is C28H34N6O2. The van der Waals surface area contributed by atoms with Gasteiger partial charge < -0.3 is 20.3 Å². The number of piperidine rings is 1. The molecule has 8 heteroatoms. The molecule has 0 radical (unpaired) electrons. The van der Waals surface area contributed by atoms with Crippen LogP contribution in [0.2, 0.25) is 0 Å². The first kappa shape index (κ1) is 24.1. The van der Waals surface area contributed by atoms with E-state index in [4.69, 9.17) is 9.72 Å². The molecule has 2 aromatic heterocycles. The number of nitrogens with one attached hydrogen (secondary N) is 2. The van der Waals surface area contributed by atoms with Crippen LogP contribution in [-0.4, -0.2) is 58.7 Å². The van der Waals surface area contributed by atoms with E-state index < -0.39 is 0 Å². The summed E-state index contributed by atoms with van der Waals surface area (Å²) >= 11 is 0. The first-order chi connectivity index (χ1) is 17.6. The van der Waals surface area contributed by atoms with Crippen molar-refractivity contribution in [3.63, 3.8) is 0 Å². The number of likely N-dealkylation sites (tertiary alicyclic amines) is 1. The summed E-state index contributed by atoms with van der Waals surface area (Å²) in [6, 6.07) is 11.5. The maximum atomic E-state index is 12.6. The second kappa shape index (κ2) is 11.0. The van der Waals surface area contributed by atoms with Crippen molar-refractivity contribution in [2.75, 3.05) is 38.6 Å². The molecule has 1 aliphatic carbocycles. The molecule has 0 bridgehead atoms. The number of carbonyl (C=O) groups is 1. The molecule has 3 aromatic rings. The third kappa shape index (κ3) is 5.44. The van der Waals surface area contributed by atoms with Gasteiger partial charge in [-0.25, -0.2) is 4.52 Å². The normalized spacial score (nSPS) is 18.7. The average molecular weight is 487 g/mol. The van der Waals surface area contributed by atoms with E-state index in [0.29, 0.717) is 17.4 Å². The van der Waals surface area contributed by atoms with E-state index in [-0.39, 0.29) is 11.8 Å². The highest BCUT2D eigenvalue weighted by Gasteiger charge is 2.19. The van der Waals surface area contributed by atoms with Gasteiger partial charge in [-0.3, -0.25) is 4.79 Å². The molecule has 1 fully saturated rings. The Balaban J connectivity index is 1.20. The van der Waals surface area contributed by atoms with Crippen LogP contribution in [0, 0.1) is 5.92 Å². The van der Waals surface area contributed by atoms with Crippen LogP contribution >= 0.6 is 0 Å². The molecule has 0 saturated carbocycles. The number of methoxy groups -OCH3 is 1. The lowest BCUT2D eigenvalue weighted by molar-refractivity contribution is 0.0937. The Morgan fingerprint density at radius 3 is 2.67 bits per heavy atom. The van der Waals surface area contributed by atoms with Crippen molar-refractivity contribution in [2.24, 2.45) is 5.92 Å². The number of hydrogen-bond acceptors (Lipinski definition) is 6. The number of fused-ring (bicyclic) bond motifs is 1. The van der Waals surface area contributed by atoms with Crippen molar-refractivity contribution >= 4 is 23.2 Å². The predicted molar refractivity (Wildman–Crippen MR) is 141 cm³/mol. The van der Waals surface area contributed by atoms with Crippen molar-refractivity contribution in [2.45, 2.75) is 32.1 Å². The molecule has 1 unspecified atom stereocenters. The van der Waals surface area contributed by atoms with Crippen LogP contribution in [-0.2, 0) is 4.74 Å². The van der Waals surface area contributed by atoms with Gasteiger partial charge in [0.1, 0.15) is 5.76 Å². The zero-order valence-electron chi connectivity index (χ0n) is 21.0. The molecular weight excluding hydrogens is 452 g/mol. The average Bonchev–Trinajstić information content (AvgIpc) is 3.35. The highest BCUT2D eigenvalue weighted by Crippen LogP contribution is 2.30. The van der Waals surface area contributed by atoms with Crippen molar-refractivity contribution in [3.05, 3.63) is 77.7 Å². The second-order valence-electron chi connectivity index (χ2n) is 9.47. The monoisotopic (exact) mass is 486 g/mol. The third-order valence-corrected chi connectivity index (χ3v) is 7.20. The van der Waals surface area contributed by atoms with Crippen LogP contribution < -0.4 is 10.6 Å². The summed E-state index contributed by atoms with van der Waals surface area (Å²) in [6.07, 6.45) is 11.3. The summed E-state index contributed by atoms with van der Waals surface area (Å²) in [4.78, 5) is 19.8. The Kier molecular flexibility index (Phi) is 7.32. The lowest BCUT2D eigenvalue weighted by atomic mass is 9.93. The SMILES string of the molecule is CCN1CCC(CNC(=O)c2ccc(Nc3nc4c(C5C=CC(OC)=CC5)cccn4n3)cc2)CC1. The van der Waals surface area contributed by atoms with Gasteiger partial charge in [-0.15, -0.1) is 5.10 Å². The summed E-state index contributed by atoms with van der Waals surface area (Å²) < 4.78 is 7.11. The van der Waals surface area contributed by atoms with Crippen molar-refractivity contribution < 1.29 is 9.53 Å². The molecule has 2 aliphatic rings. The summed E-state index contributed by atoms with van der Waals surface area (Å²) in [5.74, 6) is 2.16. The van der Waals surface area contributed by atoms with E-state index in [2.05, 4.69) is 45.8 Å². The number of anilines is 2. The number of aromatic nitrogens is 3. The van der Waals surface area contributed by atoms with E-state index in [1.807, 2.05) is 42.6 Å². The maximum Gasteiger partial charge on any atom is 0.251 e. The van der Waals surface area contributed by atoms with Crippen LogP contribution in [0.1, 0.15) is 48.0 Å². The van der Waals surface area contributed by atoms with Gasteiger partial charge in [-0.1, -0.05) is 19.1 Å². The lowest BCUT2D eigenvalue weighted by Gasteiger charge is -2.31. The summed E-state index contributed by atoms with van der Waals surface area (Å²) in [7, 11) is 1.68. The second-order valence-corrected chi connectivity index (χ2v) is 9.47. The molecule has 5 rings (SSSR count). The first-order valence-corrected chi connectivity index (χ1v) is 12.8. The van der Waals surface area contributed by atoms with Gasteiger partial charge >= 0.3 is 0 Å². The van der Waals surface area contributed by atoms with E-state index >= 15 is 0 Å². The van der Waals surface area contributed by atoms with Crippen molar-refractivity contribution in [1.82, 2.24) is 24.8 Å². The number of benzene rings is 1. The minimum atomic E-state index is -0.0267. The smallest absolute Gasteiger partial charge is 0.251 e. The Morgan fingerprint density at radius 1 is 1.17 bits per heavy atom. The first-order valence-electron chi connectivity index (χ1n) is 12.8. The molecule has 2 N–H and O–H groups in total. The topological polar surface area (TPSA) is 83.8 Å². The Bertz CT molecular complexity index is 1250. The van der Waals surface area contributed by atoms with E-state index in [0.717, 1.165) is 68.1 Å². The van der Waals surface area contributed by atoms with Gasteiger partial charge in [-0.2, -0.15) is 4.98 Å². The van der Waals surface area contributed by atoms with Crippen molar-refractivity contribution in [1.29, 1.82) is 0 Å². The van der Waals surface area contributed by atoms with Crippen molar-refractivity contribution in [3.8, 4) is 0 Å². The van der Waals surface area contributed by atoms with Gasteiger partial charge in [0.05, 0.1) is 7.11 Å². The fourth-order valence-corrected chi connectivity index (χ4v) is 4.93. The number of nitrogens with zero attached hydrogens (tertiary/aromatic N) is 4. The van der Waals surface area contributed by atoms with E-state index in [1.165, 1.54) is 0 Å². The largest absolute Gasteiger partial charge is 0.497 e. The zero-order valence-corrected chi connectivity index (χ0v) is 21.0. The Labute approximate surface area is 212 Å². The van der Waals surface area contributed by atoms with E-state index in [9.17, 15) is 4.79 Å². The minimum Gasteiger partial charge on any atom is -0.497 e. The Hall–Kier alpha value is -3.65. The molecule has 0 spiro atoms. The highest BCUT2D eigenvalue weighted by atomic mass is 16.5.